The molecule has 0 spiro atoms. The highest BCUT2D eigenvalue weighted by Crippen LogP contribution is 2.38. The summed E-state index contributed by atoms with van der Waals surface area (Å²) in [6.45, 7) is 14.4. The van der Waals surface area contributed by atoms with Crippen LogP contribution in [0.25, 0.3) is 6.08 Å². The van der Waals surface area contributed by atoms with Gasteiger partial charge in [0, 0.05) is 12.1 Å². The lowest BCUT2D eigenvalue weighted by molar-refractivity contribution is 0.00578. The normalized spacial score (nSPS) is 18.3. The van der Waals surface area contributed by atoms with Gasteiger partial charge in [0.25, 0.3) is 0 Å². The van der Waals surface area contributed by atoms with Crippen LogP contribution in [0.4, 0.5) is 9.18 Å². The summed E-state index contributed by atoms with van der Waals surface area (Å²) in [5.41, 5.74) is -0.490. The summed E-state index contributed by atoms with van der Waals surface area (Å²) in [6.07, 6.45) is 1.10. The Morgan fingerprint density at radius 3 is 2.23 bits per heavy atom. The molecule has 0 saturated carbocycles. The molecule has 1 fully saturated rings. The van der Waals surface area contributed by atoms with Gasteiger partial charge in [0.15, 0.2) is 5.78 Å². The Hall–Kier alpha value is -2.19. The summed E-state index contributed by atoms with van der Waals surface area (Å²) >= 11 is 0. The lowest BCUT2D eigenvalue weighted by Gasteiger charge is -2.32. The summed E-state index contributed by atoms with van der Waals surface area (Å²) in [4.78, 5) is 24.2. The average molecular weight is 419 g/mol. The van der Waals surface area contributed by atoms with Crippen molar-refractivity contribution in [3.63, 3.8) is 0 Å². The molecule has 1 amide bonds. The number of ether oxygens (including phenoxy) is 1. The maximum Gasteiger partial charge on any atom is 0.492 e. The molecular formula is C22H31BFNO5. The average Bonchev–Trinajstić information content (AvgIpc) is 2.78. The van der Waals surface area contributed by atoms with Gasteiger partial charge in [0.2, 0.25) is 0 Å². The molecule has 0 atom stereocenters. The van der Waals surface area contributed by atoms with Crippen molar-refractivity contribution in [1.82, 2.24) is 5.32 Å². The van der Waals surface area contributed by atoms with Crippen LogP contribution in [0.5, 0.6) is 0 Å². The van der Waals surface area contributed by atoms with E-state index in [9.17, 15) is 14.0 Å². The second-order valence-electron chi connectivity index (χ2n) is 9.45. The Balaban J connectivity index is 2.39. The van der Waals surface area contributed by atoms with Crippen LogP contribution in [0.2, 0.25) is 0 Å². The topological polar surface area (TPSA) is 73.9 Å². The van der Waals surface area contributed by atoms with Crippen molar-refractivity contribution in [2.45, 2.75) is 72.2 Å². The summed E-state index contributed by atoms with van der Waals surface area (Å²) in [7, 11) is -0.755. The molecule has 1 aromatic rings. The van der Waals surface area contributed by atoms with Gasteiger partial charge in [-0.25, -0.2) is 9.18 Å². The van der Waals surface area contributed by atoms with E-state index in [1.807, 2.05) is 27.7 Å². The molecule has 1 saturated heterocycles. The van der Waals surface area contributed by atoms with Gasteiger partial charge < -0.3 is 19.4 Å². The molecule has 164 valence electrons. The first-order valence-corrected chi connectivity index (χ1v) is 9.95. The van der Waals surface area contributed by atoms with Gasteiger partial charge in [-0.3, -0.25) is 4.79 Å². The molecule has 0 radical (unpaired) electrons. The molecule has 0 aromatic heterocycles. The standard InChI is InChI=1S/C22H31BFNO5/c1-14(26)18-12-17(24)10-9-15(18)11-16(13-25-19(27)28-20(2,3)4)23-29-21(5,6)22(7,8)30-23/h9-12H,13H2,1-8H3,(H,25,27). The molecule has 1 aliphatic heterocycles. The minimum Gasteiger partial charge on any atom is -0.444 e. The van der Waals surface area contributed by atoms with E-state index in [0.717, 1.165) is 0 Å². The molecule has 30 heavy (non-hydrogen) atoms. The first-order chi connectivity index (χ1) is 13.6. The number of benzene rings is 1. The quantitative estimate of drug-likeness (QED) is 0.559. The van der Waals surface area contributed by atoms with Gasteiger partial charge in [-0.1, -0.05) is 12.1 Å². The van der Waals surface area contributed by atoms with Crippen molar-refractivity contribution in [2.75, 3.05) is 6.54 Å². The van der Waals surface area contributed by atoms with E-state index in [0.29, 0.717) is 11.0 Å². The zero-order valence-electron chi connectivity index (χ0n) is 19.0. The lowest BCUT2D eigenvalue weighted by Crippen LogP contribution is -2.41. The SMILES string of the molecule is CC(=O)c1cc(F)ccc1C=C(CNC(=O)OC(C)(C)C)B1OC(C)(C)C(C)(C)O1. The third-order valence-electron chi connectivity index (χ3n) is 5.13. The Kier molecular flexibility index (Phi) is 6.84. The van der Waals surface area contributed by atoms with Gasteiger partial charge in [-0.15, -0.1) is 0 Å². The number of hydrogen-bond acceptors (Lipinski definition) is 5. The summed E-state index contributed by atoms with van der Waals surface area (Å²) < 4.78 is 31.2. The van der Waals surface area contributed by atoms with Crippen LogP contribution in [-0.4, -0.2) is 42.3 Å². The molecule has 1 aliphatic rings. The smallest absolute Gasteiger partial charge is 0.444 e. The number of amides is 1. The molecule has 2 rings (SSSR count). The second kappa shape index (κ2) is 8.51. The van der Waals surface area contributed by atoms with Crippen molar-refractivity contribution in [3.05, 3.63) is 40.6 Å². The largest absolute Gasteiger partial charge is 0.492 e. The highest BCUT2D eigenvalue weighted by molar-refractivity contribution is 6.56. The Labute approximate surface area is 178 Å². The molecule has 6 nitrogen and oxygen atoms in total. The second-order valence-corrected chi connectivity index (χ2v) is 9.45. The third kappa shape index (κ3) is 5.92. The number of carbonyl (C=O) groups excluding carboxylic acids is 2. The van der Waals surface area contributed by atoms with E-state index >= 15 is 0 Å². The highest BCUT2D eigenvalue weighted by Gasteiger charge is 2.52. The van der Waals surface area contributed by atoms with Crippen LogP contribution < -0.4 is 5.32 Å². The number of carbonyl (C=O) groups is 2. The molecule has 1 aromatic carbocycles. The lowest BCUT2D eigenvalue weighted by atomic mass is 9.76. The Morgan fingerprint density at radius 1 is 1.17 bits per heavy atom. The maximum atomic E-state index is 13.7. The van der Waals surface area contributed by atoms with Crippen molar-refractivity contribution in [1.29, 1.82) is 0 Å². The van der Waals surface area contributed by atoms with Crippen LogP contribution >= 0.6 is 0 Å². The predicted octanol–water partition coefficient (Wildman–Crippen LogP) is 4.57. The molecule has 0 aliphatic carbocycles. The Bertz CT molecular complexity index is 842. The first-order valence-electron chi connectivity index (χ1n) is 9.95. The third-order valence-corrected chi connectivity index (χ3v) is 5.13. The molecule has 0 unspecified atom stereocenters. The van der Waals surface area contributed by atoms with Crippen LogP contribution in [0, 0.1) is 5.82 Å². The molecular weight excluding hydrogens is 388 g/mol. The molecule has 8 heteroatoms. The van der Waals surface area contributed by atoms with Crippen LogP contribution in [0.3, 0.4) is 0 Å². The fraction of sp³-hybridized carbons (Fsp3) is 0.545. The molecule has 0 bridgehead atoms. The fourth-order valence-electron chi connectivity index (χ4n) is 2.84. The summed E-state index contributed by atoms with van der Waals surface area (Å²) in [5, 5.41) is 2.70. The number of ketones is 1. The van der Waals surface area contributed by atoms with Gasteiger partial charge in [0.05, 0.1) is 11.2 Å². The van der Waals surface area contributed by atoms with E-state index in [1.54, 1.807) is 26.8 Å². The van der Waals surface area contributed by atoms with Gasteiger partial charge in [-0.05, 0) is 78.6 Å². The number of hydrogen-bond donors (Lipinski definition) is 1. The predicted molar refractivity (Wildman–Crippen MR) is 115 cm³/mol. The maximum absolute atomic E-state index is 13.7. The minimum atomic E-state index is -0.755. The van der Waals surface area contributed by atoms with Crippen molar-refractivity contribution < 1.29 is 28.0 Å². The number of alkyl carbamates (subject to hydrolysis) is 1. The van der Waals surface area contributed by atoms with E-state index in [-0.39, 0.29) is 17.9 Å². The van der Waals surface area contributed by atoms with E-state index in [1.165, 1.54) is 25.1 Å². The zero-order valence-corrected chi connectivity index (χ0v) is 19.0. The highest BCUT2D eigenvalue weighted by atomic mass is 19.1. The molecule has 1 N–H and O–H groups in total. The number of nitrogens with one attached hydrogen (secondary N) is 1. The summed E-state index contributed by atoms with van der Waals surface area (Å²) in [5.74, 6) is -0.768. The van der Waals surface area contributed by atoms with Crippen molar-refractivity contribution in [2.24, 2.45) is 0 Å². The number of halogens is 1. The fourth-order valence-corrected chi connectivity index (χ4v) is 2.84. The monoisotopic (exact) mass is 419 g/mol. The van der Waals surface area contributed by atoms with Crippen molar-refractivity contribution in [3.8, 4) is 0 Å². The minimum absolute atomic E-state index is 0.0699. The summed E-state index contributed by atoms with van der Waals surface area (Å²) in [6, 6.07) is 3.99. The van der Waals surface area contributed by atoms with E-state index in [2.05, 4.69) is 5.32 Å². The van der Waals surface area contributed by atoms with E-state index < -0.39 is 35.8 Å². The zero-order chi connectivity index (χ0) is 22.9. The number of Topliss-reactive ketones (excluding diaryl/α,β-unsaturated/α-hetero) is 1. The van der Waals surface area contributed by atoms with Crippen molar-refractivity contribution >= 4 is 25.1 Å². The first kappa shape index (κ1) is 24.1. The Morgan fingerprint density at radius 2 is 1.73 bits per heavy atom. The molecule has 1 heterocycles. The van der Waals surface area contributed by atoms with Crippen LogP contribution in [0.15, 0.2) is 23.7 Å². The number of rotatable bonds is 5. The van der Waals surface area contributed by atoms with Crippen LogP contribution in [-0.2, 0) is 14.0 Å². The van der Waals surface area contributed by atoms with Gasteiger partial charge in [-0.2, -0.15) is 0 Å². The van der Waals surface area contributed by atoms with E-state index in [4.69, 9.17) is 14.0 Å². The van der Waals surface area contributed by atoms with Crippen LogP contribution in [0.1, 0.15) is 71.3 Å². The van der Waals surface area contributed by atoms with Gasteiger partial charge >= 0.3 is 13.2 Å². The van der Waals surface area contributed by atoms with Gasteiger partial charge in [0.1, 0.15) is 11.4 Å².